The van der Waals surface area contributed by atoms with Crippen molar-refractivity contribution in [1.29, 1.82) is 5.26 Å². The van der Waals surface area contributed by atoms with Crippen molar-refractivity contribution in [1.82, 2.24) is 10.3 Å². The number of thioether (sulfide) groups is 1. The van der Waals surface area contributed by atoms with Gasteiger partial charge in [0.05, 0.1) is 10.2 Å². The lowest BCUT2D eigenvalue weighted by atomic mass is 10.3. The molecule has 0 saturated carbocycles. The van der Waals surface area contributed by atoms with Gasteiger partial charge in [0.25, 0.3) is 0 Å². The van der Waals surface area contributed by atoms with Gasteiger partial charge < -0.3 is 10.6 Å². The Labute approximate surface area is 143 Å². The van der Waals surface area contributed by atoms with Crippen molar-refractivity contribution in [2.45, 2.75) is 14.9 Å². The van der Waals surface area contributed by atoms with Crippen LogP contribution in [0.15, 0.2) is 23.1 Å². The van der Waals surface area contributed by atoms with Crippen molar-refractivity contribution >= 4 is 79.7 Å². The quantitative estimate of drug-likeness (QED) is 0.271. The first-order valence-electron chi connectivity index (χ1n) is 5.43. The zero-order valence-corrected chi connectivity index (χ0v) is 14.0. The van der Waals surface area contributed by atoms with Crippen molar-refractivity contribution in [3.8, 4) is 5.40 Å². The number of rotatable bonds is 5. The van der Waals surface area contributed by atoms with E-state index in [2.05, 4.69) is 15.6 Å². The summed E-state index contributed by atoms with van der Waals surface area (Å²) in [6.07, 6.45) is -0.470. The molecule has 21 heavy (non-hydrogen) atoms. The predicted octanol–water partition coefficient (Wildman–Crippen LogP) is 3.72. The Morgan fingerprint density at radius 3 is 2.86 bits per heavy atom. The highest BCUT2D eigenvalue weighted by Crippen LogP contribution is 2.34. The first-order valence-corrected chi connectivity index (χ1v) is 8.20. The van der Waals surface area contributed by atoms with E-state index in [-0.39, 0.29) is 0 Å². The Balaban J connectivity index is 2.26. The first kappa shape index (κ1) is 16.5. The molecule has 10 heteroatoms. The number of carbonyl (C=O) groups is 1. The molecule has 0 radical (unpaired) electrons. The summed E-state index contributed by atoms with van der Waals surface area (Å²) < 4.78 is -0.840. The van der Waals surface area contributed by atoms with Crippen LogP contribution in [0.1, 0.15) is 0 Å². The number of halogens is 3. The number of nitrogens with one attached hydrogen (secondary N) is 2. The van der Waals surface area contributed by atoms with Crippen LogP contribution in [0.5, 0.6) is 0 Å². The largest absolute Gasteiger partial charge is 0.338 e. The van der Waals surface area contributed by atoms with Crippen LogP contribution in [0.3, 0.4) is 0 Å². The highest BCUT2D eigenvalue weighted by Gasteiger charge is 2.33. The van der Waals surface area contributed by atoms with Crippen LogP contribution in [0.4, 0.5) is 5.13 Å². The lowest BCUT2D eigenvalue weighted by Crippen LogP contribution is -2.45. The molecule has 0 aliphatic heterocycles. The summed E-state index contributed by atoms with van der Waals surface area (Å²) in [6.45, 7) is 0. The molecule has 0 aliphatic carbocycles. The zero-order valence-electron chi connectivity index (χ0n) is 10.1. The lowest BCUT2D eigenvalue weighted by Gasteiger charge is -2.24. The maximum Gasteiger partial charge on any atom is 0.228 e. The predicted molar refractivity (Wildman–Crippen MR) is 88.0 cm³/mol. The average molecular weight is 382 g/mol. The van der Waals surface area contributed by atoms with Crippen molar-refractivity contribution in [3.63, 3.8) is 0 Å². The van der Waals surface area contributed by atoms with E-state index in [0.717, 1.165) is 26.9 Å². The molecular formula is C11H7Cl3N4OS2. The van der Waals surface area contributed by atoms with Crippen LogP contribution in [0.25, 0.3) is 10.2 Å². The number of hydrogen-bond donors (Lipinski definition) is 2. The molecular weight excluding hydrogens is 375 g/mol. The minimum atomic E-state index is -1.72. The Morgan fingerprint density at radius 1 is 1.48 bits per heavy atom. The molecule has 0 fully saturated rings. The highest BCUT2D eigenvalue weighted by molar-refractivity contribution is 8.03. The van der Waals surface area contributed by atoms with Gasteiger partial charge in [0.2, 0.25) is 10.2 Å². The molecule has 0 unspecified atom stereocenters. The van der Waals surface area contributed by atoms with Gasteiger partial charge in [-0.3, -0.25) is 4.79 Å². The summed E-state index contributed by atoms with van der Waals surface area (Å²) >= 11 is 19.7. The number of hydrogen-bond acceptors (Lipinski definition) is 6. The number of nitriles is 1. The van der Waals surface area contributed by atoms with E-state index in [4.69, 9.17) is 40.1 Å². The van der Waals surface area contributed by atoms with Crippen molar-refractivity contribution < 1.29 is 4.79 Å². The summed E-state index contributed by atoms with van der Waals surface area (Å²) in [5, 5.41) is 16.4. The fraction of sp³-hybridized carbons (Fsp3) is 0.182. The standard InChI is InChI=1S/C11H7Cl3N4OS2/c12-11(13,14)9(16-5-19)18-10-17-7-2-1-6(20-4-15)3-8(7)21-10/h1-3,5,9H,(H,16,19)(H,17,18)/t9-/m1/s1. The second kappa shape index (κ2) is 6.90. The van der Waals surface area contributed by atoms with Crippen LogP contribution in [-0.2, 0) is 4.79 Å². The third-order valence-electron chi connectivity index (χ3n) is 2.35. The molecule has 1 atom stereocenters. The molecule has 0 aliphatic rings. The smallest absolute Gasteiger partial charge is 0.228 e. The Hall–Kier alpha value is -0.910. The van der Waals surface area contributed by atoms with E-state index in [1.54, 1.807) is 12.1 Å². The van der Waals surface area contributed by atoms with E-state index < -0.39 is 9.96 Å². The summed E-state index contributed by atoms with van der Waals surface area (Å²) in [7, 11) is 0. The van der Waals surface area contributed by atoms with Crippen LogP contribution < -0.4 is 10.6 Å². The van der Waals surface area contributed by atoms with Crippen molar-refractivity contribution in [2.75, 3.05) is 5.32 Å². The number of thiazole rings is 1. The molecule has 0 saturated heterocycles. The third kappa shape index (κ3) is 4.28. The molecule has 0 bridgehead atoms. The number of carbonyl (C=O) groups excluding carboxylic acids is 1. The van der Waals surface area contributed by atoms with Crippen LogP contribution in [0.2, 0.25) is 0 Å². The second-order valence-corrected chi connectivity index (χ2v) is 8.00. The lowest BCUT2D eigenvalue weighted by molar-refractivity contribution is -0.110. The molecule has 5 nitrogen and oxygen atoms in total. The molecule has 1 heterocycles. The van der Waals surface area contributed by atoms with E-state index in [0.29, 0.717) is 11.5 Å². The van der Waals surface area contributed by atoms with Crippen molar-refractivity contribution in [2.24, 2.45) is 0 Å². The summed E-state index contributed by atoms with van der Waals surface area (Å²) in [5.74, 6) is 0. The van der Waals surface area contributed by atoms with Gasteiger partial charge in [0.1, 0.15) is 11.6 Å². The number of benzene rings is 1. The van der Waals surface area contributed by atoms with Gasteiger partial charge in [-0.2, -0.15) is 5.26 Å². The summed E-state index contributed by atoms with van der Waals surface area (Å²) in [4.78, 5) is 15.7. The minimum absolute atomic E-state index is 0.439. The van der Waals surface area contributed by atoms with Crippen LogP contribution >= 0.6 is 57.9 Å². The fourth-order valence-electron chi connectivity index (χ4n) is 1.49. The number of alkyl halides is 3. The molecule has 1 aromatic heterocycles. The molecule has 2 rings (SSSR count). The number of anilines is 1. The van der Waals surface area contributed by atoms with Crippen LogP contribution in [-0.4, -0.2) is 21.4 Å². The van der Waals surface area contributed by atoms with Gasteiger partial charge in [-0.25, -0.2) is 4.98 Å². The molecule has 110 valence electrons. The number of aromatic nitrogens is 1. The van der Waals surface area contributed by atoms with Gasteiger partial charge in [0, 0.05) is 4.90 Å². The maximum atomic E-state index is 10.6. The monoisotopic (exact) mass is 380 g/mol. The van der Waals surface area contributed by atoms with E-state index in [1.807, 2.05) is 11.5 Å². The SMILES string of the molecule is N#CSc1ccc2nc(N[C@@H](NC=O)C(Cl)(Cl)Cl)sc2c1. The van der Waals surface area contributed by atoms with Crippen molar-refractivity contribution in [3.05, 3.63) is 18.2 Å². The van der Waals surface area contributed by atoms with Crippen LogP contribution in [0, 0.1) is 10.7 Å². The Morgan fingerprint density at radius 2 is 2.24 bits per heavy atom. The molecule has 0 spiro atoms. The van der Waals surface area contributed by atoms with Gasteiger partial charge in [-0.05, 0) is 30.0 Å². The highest BCUT2D eigenvalue weighted by atomic mass is 35.6. The molecule has 2 N–H and O–H groups in total. The van der Waals surface area contributed by atoms with Gasteiger partial charge in [-0.1, -0.05) is 46.1 Å². The number of thiocyanates is 1. The first-order chi connectivity index (χ1) is 9.94. The minimum Gasteiger partial charge on any atom is -0.338 e. The average Bonchev–Trinajstić information content (AvgIpc) is 2.79. The normalized spacial score (nSPS) is 12.7. The topological polar surface area (TPSA) is 77.8 Å². The Kier molecular flexibility index (Phi) is 5.41. The molecule has 1 amide bonds. The Bertz CT molecular complexity index is 695. The zero-order chi connectivity index (χ0) is 15.5. The fourth-order valence-corrected chi connectivity index (χ4v) is 3.27. The third-order valence-corrected chi connectivity index (χ3v) is 4.54. The van der Waals surface area contributed by atoms with E-state index >= 15 is 0 Å². The second-order valence-electron chi connectivity index (χ2n) is 3.75. The molecule has 2 aromatic rings. The maximum absolute atomic E-state index is 10.6. The summed E-state index contributed by atoms with van der Waals surface area (Å²) in [6, 6.07) is 5.45. The van der Waals surface area contributed by atoms with Gasteiger partial charge in [-0.15, -0.1) is 0 Å². The van der Waals surface area contributed by atoms with E-state index in [9.17, 15) is 4.79 Å². The molecule has 1 aromatic carbocycles. The number of nitrogens with zero attached hydrogens (tertiary/aromatic N) is 2. The van der Waals surface area contributed by atoms with E-state index in [1.165, 1.54) is 11.3 Å². The van der Waals surface area contributed by atoms with Gasteiger partial charge >= 0.3 is 0 Å². The van der Waals surface area contributed by atoms with Gasteiger partial charge in [0.15, 0.2) is 5.13 Å². The number of amides is 1. The summed E-state index contributed by atoms with van der Waals surface area (Å²) in [5.41, 5.74) is 0.749. The number of fused-ring (bicyclic) bond motifs is 1.